The zero-order chi connectivity index (χ0) is 25.9. The van der Waals surface area contributed by atoms with Crippen molar-refractivity contribution in [3.8, 4) is 5.88 Å². The van der Waals surface area contributed by atoms with Gasteiger partial charge >= 0.3 is 5.97 Å². The van der Waals surface area contributed by atoms with E-state index < -0.39 is 5.97 Å². The van der Waals surface area contributed by atoms with Gasteiger partial charge < -0.3 is 24.0 Å². The number of hydrogen-bond acceptors (Lipinski definition) is 8. The monoisotopic (exact) mass is 514 g/mol. The number of rotatable bonds is 9. The molecule has 6 rings (SSSR count). The summed E-state index contributed by atoms with van der Waals surface area (Å²) in [7, 11) is 0. The van der Waals surface area contributed by atoms with Gasteiger partial charge in [-0.3, -0.25) is 9.88 Å². The van der Waals surface area contributed by atoms with Gasteiger partial charge in [0.05, 0.1) is 35.8 Å². The van der Waals surface area contributed by atoms with E-state index in [0.717, 1.165) is 67.4 Å². The van der Waals surface area contributed by atoms with Crippen LogP contribution < -0.4 is 9.64 Å². The van der Waals surface area contributed by atoms with Gasteiger partial charge in [0.15, 0.2) is 0 Å². The number of aromatic nitrogens is 4. The van der Waals surface area contributed by atoms with Crippen molar-refractivity contribution in [1.82, 2.24) is 24.4 Å². The maximum Gasteiger partial charge on any atom is 0.335 e. The quantitative estimate of drug-likeness (QED) is 0.360. The van der Waals surface area contributed by atoms with Crippen LogP contribution in [0.15, 0.2) is 60.9 Å². The Balaban J connectivity index is 1.12. The number of aromatic carboxylic acids is 1. The fourth-order valence-electron chi connectivity index (χ4n) is 4.89. The molecule has 0 amide bonds. The number of carbonyl (C=O) groups is 1. The molecule has 0 aliphatic carbocycles. The Bertz CT molecular complexity index is 1410. The Morgan fingerprint density at radius 3 is 2.61 bits per heavy atom. The van der Waals surface area contributed by atoms with E-state index in [1.165, 1.54) is 0 Å². The number of pyridine rings is 2. The lowest BCUT2D eigenvalue weighted by Gasteiger charge is -2.35. The summed E-state index contributed by atoms with van der Waals surface area (Å²) in [5, 5.41) is 9.48. The summed E-state index contributed by atoms with van der Waals surface area (Å²) >= 11 is 0. The van der Waals surface area contributed by atoms with Crippen molar-refractivity contribution >= 4 is 22.8 Å². The second-order valence-electron chi connectivity index (χ2n) is 9.67. The fraction of sp³-hybridized carbons (Fsp3) is 0.357. The Morgan fingerprint density at radius 1 is 1.05 bits per heavy atom. The summed E-state index contributed by atoms with van der Waals surface area (Å²) in [6.07, 6.45) is 4.67. The molecule has 1 atom stereocenters. The molecule has 1 aromatic carbocycles. The van der Waals surface area contributed by atoms with E-state index in [1.807, 2.05) is 30.3 Å². The van der Waals surface area contributed by atoms with Crippen LogP contribution in [0.2, 0.25) is 0 Å². The zero-order valence-corrected chi connectivity index (χ0v) is 21.1. The number of carboxylic acids is 1. The molecule has 2 saturated heterocycles. The number of fused-ring (bicyclic) bond motifs is 1. The van der Waals surface area contributed by atoms with Crippen molar-refractivity contribution in [2.75, 3.05) is 37.7 Å². The average Bonchev–Trinajstić information content (AvgIpc) is 3.26. The number of carboxylic acid groups (broad SMARTS) is 1. The molecule has 5 heterocycles. The van der Waals surface area contributed by atoms with E-state index in [2.05, 4.69) is 19.4 Å². The van der Waals surface area contributed by atoms with Gasteiger partial charge in [-0.2, -0.15) is 4.98 Å². The van der Waals surface area contributed by atoms with Gasteiger partial charge in [-0.05, 0) is 48.4 Å². The number of ether oxygens (including phenoxy) is 2. The number of imidazole rings is 1. The van der Waals surface area contributed by atoms with Crippen LogP contribution in [-0.2, 0) is 24.4 Å². The number of nitrogens with zero attached hydrogens (tertiary/aromatic N) is 6. The van der Waals surface area contributed by atoms with Gasteiger partial charge in [-0.25, -0.2) is 9.78 Å². The van der Waals surface area contributed by atoms with E-state index in [-0.39, 0.29) is 11.7 Å². The van der Waals surface area contributed by atoms with Crippen LogP contribution in [0.5, 0.6) is 5.88 Å². The van der Waals surface area contributed by atoms with E-state index in [4.69, 9.17) is 19.4 Å². The van der Waals surface area contributed by atoms with Crippen molar-refractivity contribution in [1.29, 1.82) is 0 Å². The topological polar surface area (TPSA) is 106 Å². The smallest absolute Gasteiger partial charge is 0.335 e. The summed E-state index contributed by atoms with van der Waals surface area (Å²) in [5.74, 6) is 1.52. The molecule has 0 saturated carbocycles. The first kappa shape index (κ1) is 24.3. The summed E-state index contributed by atoms with van der Waals surface area (Å²) in [6.45, 7) is 6.03. The third kappa shape index (κ3) is 5.32. The van der Waals surface area contributed by atoms with Crippen LogP contribution in [0.4, 0.5) is 5.82 Å². The number of benzene rings is 1. The standard InChI is InChI=1S/C28H30N6O4/c35-28(36)21-4-5-23-24(16-21)34(17-22-8-15-37-22)26(30-23)18-32-11-13-33(14-12-32)25-2-1-3-27(31-25)38-19-20-6-9-29-10-7-20/h1-7,9-10,16,22H,8,11-15,17-19H2,(H,35,36). The van der Waals surface area contributed by atoms with E-state index in [0.29, 0.717) is 25.6 Å². The molecule has 0 bridgehead atoms. The van der Waals surface area contributed by atoms with Crippen LogP contribution in [0.3, 0.4) is 0 Å². The van der Waals surface area contributed by atoms with Crippen molar-refractivity contribution in [2.45, 2.75) is 32.2 Å². The van der Waals surface area contributed by atoms with Crippen molar-refractivity contribution in [3.63, 3.8) is 0 Å². The molecule has 3 aromatic heterocycles. The molecule has 10 heteroatoms. The Hall–Kier alpha value is -4.02. The van der Waals surface area contributed by atoms with Crippen molar-refractivity contribution in [2.24, 2.45) is 0 Å². The molecule has 2 aliphatic heterocycles. The third-order valence-electron chi connectivity index (χ3n) is 7.16. The lowest BCUT2D eigenvalue weighted by molar-refractivity contribution is -0.0592. The van der Waals surface area contributed by atoms with E-state index in [9.17, 15) is 9.90 Å². The van der Waals surface area contributed by atoms with Crippen LogP contribution in [0, 0.1) is 0 Å². The van der Waals surface area contributed by atoms with Gasteiger partial charge in [-0.15, -0.1) is 0 Å². The molecular formula is C28H30N6O4. The minimum absolute atomic E-state index is 0.149. The molecule has 196 valence electrons. The molecular weight excluding hydrogens is 484 g/mol. The second-order valence-corrected chi connectivity index (χ2v) is 9.67. The predicted molar refractivity (Wildman–Crippen MR) is 141 cm³/mol. The lowest BCUT2D eigenvalue weighted by Crippen LogP contribution is -2.46. The molecule has 2 aliphatic rings. The SMILES string of the molecule is O=C(O)c1ccc2nc(CN3CCN(c4cccc(OCc5ccncc5)n4)CC3)n(CC3CCO3)c2c1. The number of piperazine rings is 1. The normalized spacial score (nSPS) is 17.9. The van der Waals surface area contributed by atoms with Gasteiger partial charge in [0.1, 0.15) is 18.2 Å². The predicted octanol–water partition coefficient (Wildman–Crippen LogP) is 3.21. The number of anilines is 1. The van der Waals surface area contributed by atoms with Gasteiger partial charge in [0.25, 0.3) is 0 Å². The van der Waals surface area contributed by atoms with E-state index in [1.54, 1.807) is 30.6 Å². The van der Waals surface area contributed by atoms with E-state index >= 15 is 0 Å². The largest absolute Gasteiger partial charge is 0.478 e. The number of hydrogen-bond donors (Lipinski definition) is 1. The molecule has 1 unspecified atom stereocenters. The van der Waals surface area contributed by atoms with Crippen molar-refractivity contribution in [3.05, 3.63) is 77.9 Å². The van der Waals surface area contributed by atoms with Crippen LogP contribution >= 0.6 is 0 Å². The molecule has 10 nitrogen and oxygen atoms in total. The minimum Gasteiger partial charge on any atom is -0.478 e. The Labute approximate surface area is 220 Å². The van der Waals surface area contributed by atoms with Crippen LogP contribution in [0.25, 0.3) is 11.0 Å². The minimum atomic E-state index is -0.933. The molecule has 38 heavy (non-hydrogen) atoms. The first-order chi connectivity index (χ1) is 18.6. The van der Waals surface area contributed by atoms with Crippen LogP contribution in [-0.4, -0.2) is 74.4 Å². The first-order valence-electron chi connectivity index (χ1n) is 12.9. The maximum atomic E-state index is 11.6. The van der Waals surface area contributed by atoms with Gasteiger partial charge in [0.2, 0.25) is 5.88 Å². The lowest BCUT2D eigenvalue weighted by atomic mass is 10.1. The fourth-order valence-corrected chi connectivity index (χ4v) is 4.89. The maximum absolute atomic E-state index is 11.6. The highest BCUT2D eigenvalue weighted by atomic mass is 16.5. The summed E-state index contributed by atoms with van der Waals surface area (Å²) < 4.78 is 13.7. The average molecular weight is 515 g/mol. The zero-order valence-electron chi connectivity index (χ0n) is 21.1. The highest BCUT2D eigenvalue weighted by Crippen LogP contribution is 2.24. The Morgan fingerprint density at radius 2 is 1.87 bits per heavy atom. The van der Waals surface area contributed by atoms with Gasteiger partial charge in [-0.1, -0.05) is 6.07 Å². The highest BCUT2D eigenvalue weighted by Gasteiger charge is 2.25. The molecule has 0 spiro atoms. The molecule has 0 radical (unpaired) electrons. The Kier molecular flexibility index (Phi) is 6.89. The van der Waals surface area contributed by atoms with Crippen LogP contribution in [0.1, 0.15) is 28.2 Å². The summed E-state index contributed by atoms with van der Waals surface area (Å²) in [4.78, 5) is 29.9. The molecule has 2 fully saturated rings. The summed E-state index contributed by atoms with van der Waals surface area (Å²) in [5.41, 5.74) is 2.99. The second kappa shape index (κ2) is 10.8. The van der Waals surface area contributed by atoms with Gasteiger partial charge in [0, 0.05) is 51.2 Å². The summed E-state index contributed by atoms with van der Waals surface area (Å²) in [6, 6.07) is 14.9. The third-order valence-corrected chi connectivity index (χ3v) is 7.16. The molecule has 4 aromatic rings. The first-order valence-corrected chi connectivity index (χ1v) is 12.9. The van der Waals surface area contributed by atoms with Crippen molar-refractivity contribution < 1.29 is 19.4 Å². The highest BCUT2D eigenvalue weighted by molar-refractivity contribution is 5.92. The molecule has 1 N–H and O–H groups in total.